The van der Waals surface area contributed by atoms with E-state index < -0.39 is 10.0 Å². The van der Waals surface area contributed by atoms with Gasteiger partial charge in [-0.3, -0.25) is 4.79 Å². The van der Waals surface area contributed by atoms with Crippen LogP contribution < -0.4 is 10.5 Å². The summed E-state index contributed by atoms with van der Waals surface area (Å²) in [7, 11) is -3.21. The number of anilines is 1. The van der Waals surface area contributed by atoms with E-state index in [1.165, 1.54) is 6.26 Å². The third kappa shape index (κ3) is 9.07. The molecule has 1 aliphatic carbocycles. The van der Waals surface area contributed by atoms with Gasteiger partial charge in [-0.1, -0.05) is 53.2 Å². The van der Waals surface area contributed by atoms with Crippen LogP contribution in [0.25, 0.3) is 0 Å². The average Bonchev–Trinajstić information content (AvgIpc) is 3.30. The summed E-state index contributed by atoms with van der Waals surface area (Å²) in [6.07, 6.45) is 4.66. The zero-order chi connectivity index (χ0) is 27.9. The maximum absolute atomic E-state index is 12.1. The Hall–Kier alpha value is -1.97. The molecule has 0 bridgehead atoms. The Morgan fingerprint density at radius 2 is 1.92 bits per heavy atom. The quantitative estimate of drug-likeness (QED) is 0.319. The zero-order valence-electron chi connectivity index (χ0n) is 23.5. The number of ketones is 1. The third-order valence-electron chi connectivity index (χ3n) is 7.60. The summed E-state index contributed by atoms with van der Waals surface area (Å²) in [5.74, 6) is 1.91. The number of Topliss-reactive ketones (excluding diaryl/α,β-unsaturated/α-hetero) is 1. The van der Waals surface area contributed by atoms with Gasteiger partial charge in [-0.15, -0.1) is 0 Å². The molecule has 1 saturated carbocycles. The number of ether oxygens (including phenoxy) is 1. The normalized spacial score (nSPS) is 24.8. The van der Waals surface area contributed by atoms with E-state index in [1.807, 2.05) is 32.9 Å². The van der Waals surface area contributed by atoms with E-state index in [-0.39, 0.29) is 42.2 Å². The van der Waals surface area contributed by atoms with Gasteiger partial charge in [-0.25, -0.2) is 18.1 Å². The van der Waals surface area contributed by atoms with Crippen LogP contribution >= 0.6 is 0 Å². The number of rotatable bonds is 9. The summed E-state index contributed by atoms with van der Waals surface area (Å²) in [5, 5.41) is 9.23. The number of carbonyl (C=O) groups is 1. The number of aryl methyl sites for hydroxylation is 1. The van der Waals surface area contributed by atoms with Gasteiger partial charge in [-0.2, -0.15) is 0 Å². The van der Waals surface area contributed by atoms with Gasteiger partial charge in [0.2, 0.25) is 10.0 Å². The lowest BCUT2D eigenvalue weighted by atomic mass is 9.78. The molecule has 5 unspecified atom stereocenters. The summed E-state index contributed by atoms with van der Waals surface area (Å²) in [4.78, 5) is 16.8. The van der Waals surface area contributed by atoms with Crippen LogP contribution in [0, 0.1) is 36.5 Å². The zero-order valence-corrected chi connectivity index (χ0v) is 24.3. The average molecular weight is 538 g/mol. The number of aliphatic imine (C=N–C) groups is 1. The fourth-order valence-electron chi connectivity index (χ4n) is 4.87. The first-order valence-electron chi connectivity index (χ1n) is 13.4. The summed E-state index contributed by atoms with van der Waals surface area (Å²) in [5.41, 5.74) is 7.94. The highest BCUT2D eigenvalue weighted by molar-refractivity contribution is 7.88. The van der Waals surface area contributed by atoms with Crippen molar-refractivity contribution in [2.45, 2.75) is 79.3 Å². The lowest BCUT2D eigenvalue weighted by Crippen LogP contribution is -2.49. The van der Waals surface area contributed by atoms with E-state index in [0.717, 1.165) is 30.7 Å². The van der Waals surface area contributed by atoms with E-state index >= 15 is 0 Å². The first kappa shape index (κ1) is 31.2. The van der Waals surface area contributed by atoms with Crippen LogP contribution in [0.1, 0.15) is 76.2 Å². The van der Waals surface area contributed by atoms with Gasteiger partial charge in [0, 0.05) is 30.3 Å². The molecular weight excluding hydrogens is 490 g/mol. The van der Waals surface area contributed by atoms with Crippen LogP contribution in [0.4, 0.5) is 5.69 Å². The Morgan fingerprint density at radius 3 is 2.46 bits per heavy atom. The largest absolute Gasteiger partial charge is 0.478 e. The Labute approximate surface area is 223 Å². The monoisotopic (exact) mass is 537 g/mol. The van der Waals surface area contributed by atoms with Crippen molar-refractivity contribution in [1.82, 2.24) is 4.72 Å². The molecule has 9 heteroatoms. The van der Waals surface area contributed by atoms with Gasteiger partial charge >= 0.3 is 0 Å². The molecule has 0 spiro atoms. The fourth-order valence-corrected chi connectivity index (χ4v) is 5.76. The molecule has 37 heavy (non-hydrogen) atoms. The molecule has 0 amide bonds. The number of nitrogens with one attached hydrogen (secondary N) is 1. The topological polar surface area (TPSA) is 131 Å². The number of sulfonamides is 1. The maximum Gasteiger partial charge on any atom is 0.208 e. The molecule has 1 heterocycles. The summed E-state index contributed by atoms with van der Waals surface area (Å²) in [6.45, 7) is 12.9. The molecule has 3 rings (SSSR count). The van der Waals surface area contributed by atoms with Gasteiger partial charge in [0.05, 0.1) is 18.2 Å². The maximum atomic E-state index is 12.1. The van der Waals surface area contributed by atoms with Crippen molar-refractivity contribution in [1.29, 1.82) is 0 Å². The minimum Gasteiger partial charge on any atom is -0.478 e. The number of hydrogen-bond acceptors (Lipinski definition) is 7. The van der Waals surface area contributed by atoms with Crippen molar-refractivity contribution in [2.75, 3.05) is 25.2 Å². The number of carbonyl (C=O) groups excluding carboxylic acids is 1. The number of hydrogen-bond donors (Lipinski definition) is 3. The second kappa shape index (κ2) is 13.7. The molecular formula is C28H47N3O5S. The highest BCUT2D eigenvalue weighted by Gasteiger charge is 2.39. The molecule has 1 fully saturated rings. The molecule has 0 aromatic heterocycles. The number of aliphatic hydroxyl groups is 1. The van der Waals surface area contributed by atoms with Crippen LogP contribution in [0.3, 0.4) is 0 Å². The number of para-hydroxylation sites is 1. The van der Waals surface area contributed by atoms with Crippen LogP contribution in [0.5, 0.6) is 0 Å². The lowest BCUT2D eigenvalue weighted by Gasteiger charge is -2.35. The fraction of sp³-hybridized carbons (Fsp3) is 0.714. The van der Waals surface area contributed by atoms with Crippen LogP contribution in [-0.4, -0.2) is 56.8 Å². The Bertz CT molecular complexity index is 1040. The second-order valence-electron chi connectivity index (χ2n) is 11.4. The highest BCUT2D eigenvalue weighted by atomic mass is 32.2. The summed E-state index contributed by atoms with van der Waals surface area (Å²) >= 11 is 0. The van der Waals surface area contributed by atoms with Gasteiger partial charge in [0.15, 0.2) is 11.7 Å². The smallest absolute Gasteiger partial charge is 0.208 e. The summed E-state index contributed by atoms with van der Waals surface area (Å²) in [6, 6.07) is 5.59. The number of aliphatic hydroxyl groups excluding tert-OH is 1. The van der Waals surface area contributed by atoms with Crippen LogP contribution in [0.2, 0.25) is 0 Å². The van der Waals surface area contributed by atoms with Crippen LogP contribution in [0.15, 0.2) is 23.2 Å². The van der Waals surface area contributed by atoms with Crippen molar-refractivity contribution in [3.63, 3.8) is 0 Å². The van der Waals surface area contributed by atoms with E-state index in [4.69, 9.17) is 10.5 Å². The molecule has 4 N–H and O–H groups in total. The van der Waals surface area contributed by atoms with Crippen molar-refractivity contribution in [2.24, 2.45) is 34.6 Å². The van der Waals surface area contributed by atoms with Gasteiger partial charge in [-0.05, 0) is 55.1 Å². The second-order valence-corrected chi connectivity index (χ2v) is 13.2. The summed E-state index contributed by atoms with van der Waals surface area (Å²) < 4.78 is 31.7. The molecule has 1 aliphatic heterocycles. The van der Waals surface area contributed by atoms with E-state index in [9.17, 15) is 18.3 Å². The Morgan fingerprint density at radius 1 is 1.24 bits per heavy atom. The predicted molar refractivity (Wildman–Crippen MR) is 150 cm³/mol. The van der Waals surface area contributed by atoms with E-state index in [1.54, 1.807) is 6.07 Å². The molecule has 8 nitrogen and oxygen atoms in total. The SMILES string of the molecule is CC(C)C1COC(C2CCCC(C)C2NS(C)(=O)=O)=N1.Cc1cccc(C(=O)CC(CO)C(C)C)c1N. The Balaban J connectivity index is 0.000000264. The number of nitrogen functional groups attached to an aromatic ring is 1. The van der Waals surface area contributed by atoms with Crippen molar-refractivity contribution in [3.05, 3.63) is 29.3 Å². The molecule has 0 saturated heterocycles. The number of benzene rings is 1. The minimum atomic E-state index is -3.21. The number of nitrogens with zero attached hydrogens (tertiary/aromatic N) is 1. The molecule has 2 aliphatic rings. The van der Waals surface area contributed by atoms with E-state index in [0.29, 0.717) is 36.1 Å². The van der Waals surface area contributed by atoms with Gasteiger partial charge in [0.25, 0.3) is 0 Å². The standard InChI is InChI=1S/C14H26N2O3S.C14H21NO2/c1-9(2)12-8-19-14(15-12)11-7-5-6-10(3)13(11)16-20(4,17)18;1-9(2)11(8-16)7-13(17)12-6-4-5-10(3)14(12)15/h9-13,16H,5-8H2,1-4H3;4-6,9,11,16H,7-8,15H2,1-3H3. The molecule has 1 aromatic carbocycles. The lowest BCUT2D eigenvalue weighted by molar-refractivity contribution is 0.0908. The molecule has 5 atom stereocenters. The first-order chi connectivity index (χ1) is 17.2. The van der Waals surface area contributed by atoms with Crippen molar-refractivity contribution >= 4 is 27.4 Å². The predicted octanol–water partition coefficient (Wildman–Crippen LogP) is 4.21. The van der Waals surface area contributed by atoms with E-state index in [2.05, 4.69) is 30.5 Å². The van der Waals surface area contributed by atoms with Crippen molar-refractivity contribution < 1.29 is 23.1 Å². The Kier molecular flexibility index (Phi) is 11.6. The first-order valence-corrected chi connectivity index (χ1v) is 15.3. The molecule has 1 aromatic rings. The highest BCUT2D eigenvalue weighted by Crippen LogP contribution is 2.33. The van der Waals surface area contributed by atoms with Gasteiger partial charge in [0.1, 0.15) is 6.61 Å². The number of nitrogens with two attached hydrogens (primary N) is 1. The minimum absolute atomic E-state index is 0.00223. The van der Waals surface area contributed by atoms with Crippen molar-refractivity contribution in [3.8, 4) is 0 Å². The molecule has 0 radical (unpaired) electrons. The third-order valence-corrected chi connectivity index (χ3v) is 8.30. The molecule has 210 valence electrons. The van der Waals surface area contributed by atoms with Crippen LogP contribution in [-0.2, 0) is 14.8 Å². The van der Waals surface area contributed by atoms with Gasteiger partial charge < -0.3 is 15.6 Å².